The summed E-state index contributed by atoms with van der Waals surface area (Å²) in [6, 6.07) is -4.51. The van der Waals surface area contributed by atoms with Crippen LogP contribution < -0.4 is 49.5 Å². The number of rotatable bonds is 18. The topological polar surface area (TPSA) is 311 Å². The minimum Gasteiger partial charge on any atom is -0.370 e. The van der Waals surface area contributed by atoms with Gasteiger partial charge in [0.05, 0.1) is 24.9 Å². The zero-order valence-corrected chi connectivity index (χ0v) is 24.2. The zero-order chi connectivity index (χ0) is 31.8. The molecule has 4 atom stereocenters. The average molecular weight is 616 g/mol. The molecule has 0 spiro atoms. The summed E-state index contributed by atoms with van der Waals surface area (Å²) in [4.78, 5) is 86.9. The quantitative estimate of drug-likeness (QED) is 0.0301. The van der Waals surface area contributed by atoms with E-state index in [0.717, 1.165) is 11.8 Å². The predicted molar refractivity (Wildman–Crippen MR) is 153 cm³/mol. The maximum Gasteiger partial charge on any atom is 0.246 e. The molecule has 1 heterocycles. The molecule has 0 aromatic rings. The molecule has 1 rings (SSSR count). The van der Waals surface area contributed by atoms with Gasteiger partial charge in [-0.2, -0.15) is 0 Å². The molecule has 1 aliphatic rings. The first kappa shape index (κ1) is 35.9. The molecular formula is C23H41N11O7S. The number of nitrogens with one attached hydrogen (secondary N) is 6. The number of hydrogen-bond acceptors (Lipinski definition) is 10. The predicted octanol–water partition coefficient (Wildman–Crippen LogP) is -5.16. The van der Waals surface area contributed by atoms with Crippen LogP contribution >= 0.6 is 11.8 Å². The van der Waals surface area contributed by atoms with E-state index in [0.29, 0.717) is 12.8 Å². The molecule has 0 aliphatic carbocycles. The van der Waals surface area contributed by atoms with Crippen molar-refractivity contribution >= 4 is 59.1 Å². The van der Waals surface area contributed by atoms with Gasteiger partial charge in [-0.05, 0) is 25.7 Å². The Morgan fingerprint density at radius 2 is 1.64 bits per heavy atom. The Kier molecular flexibility index (Phi) is 15.7. The van der Waals surface area contributed by atoms with E-state index in [-0.39, 0.29) is 49.4 Å². The number of guanidine groups is 1. The summed E-state index contributed by atoms with van der Waals surface area (Å²) in [6.45, 7) is 1.31. The molecule has 19 heteroatoms. The van der Waals surface area contributed by atoms with Crippen LogP contribution in [0.1, 0.15) is 39.0 Å². The van der Waals surface area contributed by atoms with Gasteiger partial charge < -0.3 is 54.4 Å². The zero-order valence-electron chi connectivity index (χ0n) is 23.4. The van der Waals surface area contributed by atoms with Crippen molar-refractivity contribution in [1.29, 1.82) is 5.41 Å². The first-order chi connectivity index (χ1) is 19.7. The Bertz CT molecular complexity index is 1030. The molecule has 1 saturated heterocycles. The highest BCUT2D eigenvalue weighted by atomic mass is 32.2. The maximum atomic E-state index is 13.6. The van der Waals surface area contributed by atoms with Gasteiger partial charge in [-0.25, -0.2) is 0 Å². The molecule has 0 radical (unpaired) electrons. The first-order valence-electron chi connectivity index (χ1n) is 13.1. The van der Waals surface area contributed by atoms with E-state index in [2.05, 4.69) is 26.6 Å². The van der Waals surface area contributed by atoms with Crippen LogP contribution in [0.5, 0.6) is 0 Å². The number of carbonyl (C=O) groups excluding carboxylic acids is 7. The van der Waals surface area contributed by atoms with Crippen LogP contribution in [-0.2, 0) is 33.6 Å². The number of thioether (sulfide) groups is 1. The van der Waals surface area contributed by atoms with Crippen molar-refractivity contribution in [2.24, 2.45) is 22.9 Å². The SMILES string of the molecule is CC(=O)NCSC[C@H](NC(=O)[C@@H](N)CC(N)=O)C(=O)N1CCC[C@H]1C(=O)N[C@@H](CCCNC(=N)N)C(=O)NCC(N)=O. The lowest BCUT2D eigenvalue weighted by Gasteiger charge is -2.30. The van der Waals surface area contributed by atoms with Crippen LogP contribution in [0.25, 0.3) is 0 Å². The summed E-state index contributed by atoms with van der Waals surface area (Å²) in [5.41, 5.74) is 21.2. The van der Waals surface area contributed by atoms with Gasteiger partial charge in [0, 0.05) is 25.8 Å². The van der Waals surface area contributed by atoms with Crippen molar-refractivity contribution in [2.75, 3.05) is 31.3 Å². The lowest BCUT2D eigenvalue weighted by Crippen LogP contribution is -2.58. The fourth-order valence-corrected chi connectivity index (χ4v) is 4.84. The molecule has 1 aliphatic heterocycles. The summed E-state index contributed by atoms with van der Waals surface area (Å²) >= 11 is 1.14. The highest BCUT2D eigenvalue weighted by Gasteiger charge is 2.39. The van der Waals surface area contributed by atoms with Crippen LogP contribution in [0.15, 0.2) is 0 Å². The third-order valence-corrected chi connectivity index (χ3v) is 6.89. The largest absolute Gasteiger partial charge is 0.370 e. The third-order valence-electron chi connectivity index (χ3n) is 5.97. The minimum atomic E-state index is -1.30. The summed E-state index contributed by atoms with van der Waals surface area (Å²) in [5, 5.41) is 19.8. The van der Waals surface area contributed by atoms with Crippen LogP contribution in [0.3, 0.4) is 0 Å². The molecule has 0 aromatic carbocycles. The average Bonchev–Trinajstić information content (AvgIpc) is 3.39. The number of amides is 7. The number of hydrogen-bond donors (Lipinski definition) is 10. The fourth-order valence-electron chi connectivity index (χ4n) is 3.96. The van der Waals surface area contributed by atoms with E-state index in [1.165, 1.54) is 11.8 Å². The van der Waals surface area contributed by atoms with Gasteiger partial charge in [-0.3, -0.25) is 39.0 Å². The number of nitrogens with two attached hydrogens (primary N) is 4. The Labute approximate surface area is 247 Å². The molecule has 0 saturated carbocycles. The number of carbonyl (C=O) groups is 7. The van der Waals surface area contributed by atoms with Crippen molar-refractivity contribution < 1.29 is 33.6 Å². The van der Waals surface area contributed by atoms with E-state index in [1.54, 1.807) is 0 Å². The maximum absolute atomic E-state index is 13.6. The van der Waals surface area contributed by atoms with Crippen LogP contribution in [0.2, 0.25) is 0 Å². The number of nitrogens with zero attached hydrogens (tertiary/aromatic N) is 1. The van der Waals surface area contributed by atoms with Crippen LogP contribution in [0, 0.1) is 5.41 Å². The normalized spacial score (nSPS) is 16.3. The summed E-state index contributed by atoms with van der Waals surface area (Å²) in [5.74, 6) is -4.65. The van der Waals surface area contributed by atoms with Gasteiger partial charge in [-0.15, -0.1) is 11.8 Å². The molecule has 0 bridgehead atoms. The van der Waals surface area contributed by atoms with Crippen LogP contribution in [-0.4, -0.2) is 108 Å². The Hall–Kier alpha value is -4.13. The molecule has 1 fully saturated rings. The summed E-state index contributed by atoms with van der Waals surface area (Å²) < 4.78 is 0. The Morgan fingerprint density at radius 3 is 2.24 bits per heavy atom. The van der Waals surface area contributed by atoms with Gasteiger partial charge in [-0.1, -0.05) is 0 Å². The standard InChI is InChI=1S/C23H41N11O7S/c1-12(35)31-11-42-10-15(33-19(38)13(24)8-17(25)36)22(41)34-7-3-5-16(34)21(40)32-14(4-2-6-29-23(27)28)20(39)30-9-18(26)37/h13-16H,2-11,24H2,1H3,(H2,25,36)(H2,26,37)(H,30,39)(H,31,35)(H,32,40)(H,33,38)(H4,27,28,29)/t13-,14-,15-,16-/m0/s1. The van der Waals surface area contributed by atoms with Crippen molar-refractivity contribution in [2.45, 2.75) is 63.2 Å². The van der Waals surface area contributed by atoms with Crippen molar-refractivity contribution in [3.8, 4) is 0 Å². The van der Waals surface area contributed by atoms with Gasteiger partial charge in [0.15, 0.2) is 5.96 Å². The lowest BCUT2D eigenvalue weighted by molar-refractivity contribution is -0.142. The Balaban J connectivity index is 3.03. The highest BCUT2D eigenvalue weighted by Crippen LogP contribution is 2.20. The molecule has 7 amide bonds. The van der Waals surface area contributed by atoms with E-state index in [1.807, 2.05) is 0 Å². The molecule has 18 nitrogen and oxygen atoms in total. The third kappa shape index (κ3) is 13.5. The minimum absolute atomic E-state index is 0.0142. The van der Waals surface area contributed by atoms with E-state index >= 15 is 0 Å². The van der Waals surface area contributed by atoms with Crippen LogP contribution in [0.4, 0.5) is 0 Å². The molecule has 0 unspecified atom stereocenters. The molecule has 42 heavy (non-hydrogen) atoms. The van der Waals surface area contributed by atoms with Crippen molar-refractivity contribution in [3.05, 3.63) is 0 Å². The summed E-state index contributed by atoms with van der Waals surface area (Å²) in [7, 11) is 0. The second-order valence-corrected chi connectivity index (χ2v) is 10.5. The lowest BCUT2D eigenvalue weighted by atomic mass is 10.1. The van der Waals surface area contributed by atoms with Gasteiger partial charge >= 0.3 is 0 Å². The fraction of sp³-hybridized carbons (Fsp3) is 0.652. The Morgan fingerprint density at radius 1 is 0.952 bits per heavy atom. The molecule has 14 N–H and O–H groups in total. The monoisotopic (exact) mass is 615 g/mol. The van der Waals surface area contributed by atoms with E-state index in [9.17, 15) is 33.6 Å². The molecule has 0 aromatic heterocycles. The van der Waals surface area contributed by atoms with E-state index < -0.39 is 72.6 Å². The highest BCUT2D eigenvalue weighted by molar-refractivity contribution is 7.99. The number of likely N-dealkylation sites (tertiary alicyclic amines) is 1. The smallest absolute Gasteiger partial charge is 0.246 e. The molecular weight excluding hydrogens is 574 g/mol. The van der Waals surface area contributed by atoms with Gasteiger partial charge in [0.1, 0.15) is 18.1 Å². The summed E-state index contributed by atoms with van der Waals surface area (Å²) in [6.07, 6.45) is 0.744. The first-order valence-corrected chi connectivity index (χ1v) is 14.3. The second-order valence-electron chi connectivity index (χ2n) is 9.50. The van der Waals surface area contributed by atoms with Gasteiger partial charge in [0.2, 0.25) is 41.4 Å². The van der Waals surface area contributed by atoms with E-state index in [4.69, 9.17) is 28.3 Å². The van der Waals surface area contributed by atoms with Crippen molar-refractivity contribution in [1.82, 2.24) is 31.5 Å². The van der Waals surface area contributed by atoms with Gasteiger partial charge in [0.25, 0.3) is 0 Å². The molecule has 236 valence electrons. The van der Waals surface area contributed by atoms with Crippen molar-refractivity contribution in [3.63, 3.8) is 0 Å². The number of primary amides is 2. The second kappa shape index (κ2) is 18.3.